The van der Waals surface area contributed by atoms with Crippen LogP contribution in [0.2, 0.25) is 5.02 Å². The first-order valence-corrected chi connectivity index (χ1v) is 8.46. The molecule has 2 heterocycles. The van der Waals surface area contributed by atoms with Crippen molar-refractivity contribution in [1.29, 1.82) is 0 Å². The summed E-state index contributed by atoms with van der Waals surface area (Å²) in [6.07, 6.45) is 0. The van der Waals surface area contributed by atoms with Gasteiger partial charge in [0.1, 0.15) is 5.01 Å². The smallest absolute Gasteiger partial charge is 0.165 e. The minimum Gasteiger partial charge on any atom is -0.382 e. The van der Waals surface area contributed by atoms with Crippen molar-refractivity contribution in [3.05, 3.63) is 65.0 Å². The molecule has 5 nitrogen and oxygen atoms in total. The average Bonchev–Trinajstić information content (AvgIpc) is 3.22. The van der Waals surface area contributed by atoms with E-state index in [-0.39, 0.29) is 0 Å². The Morgan fingerprint density at radius 2 is 1.88 bits per heavy atom. The Bertz CT molecular complexity index is 993. The molecule has 0 aliphatic rings. The van der Waals surface area contributed by atoms with Crippen molar-refractivity contribution in [3.63, 3.8) is 0 Å². The molecule has 0 amide bonds. The second-order valence-corrected chi connectivity index (χ2v) is 6.41. The SMILES string of the molecule is Nc1c(-c2nc(-c3ccccc3)cs2)nnn1-c1cccc(Cl)c1. The van der Waals surface area contributed by atoms with Gasteiger partial charge in [0, 0.05) is 16.0 Å². The van der Waals surface area contributed by atoms with Crippen molar-refractivity contribution in [2.75, 3.05) is 5.73 Å². The zero-order valence-corrected chi connectivity index (χ0v) is 14.0. The Balaban J connectivity index is 1.73. The summed E-state index contributed by atoms with van der Waals surface area (Å²) in [4.78, 5) is 4.63. The molecule has 2 aromatic carbocycles. The maximum absolute atomic E-state index is 6.23. The summed E-state index contributed by atoms with van der Waals surface area (Å²) in [5, 5.41) is 11.7. The van der Waals surface area contributed by atoms with Crippen molar-refractivity contribution in [3.8, 4) is 27.6 Å². The molecule has 0 fully saturated rings. The van der Waals surface area contributed by atoms with Gasteiger partial charge in [0.2, 0.25) is 0 Å². The van der Waals surface area contributed by atoms with E-state index in [4.69, 9.17) is 17.3 Å². The fourth-order valence-corrected chi connectivity index (χ4v) is 3.37. The molecular formula is C17H12ClN5S. The molecule has 0 saturated carbocycles. The van der Waals surface area contributed by atoms with Crippen LogP contribution in [0, 0.1) is 0 Å². The van der Waals surface area contributed by atoms with Gasteiger partial charge in [0.15, 0.2) is 11.5 Å². The maximum Gasteiger partial charge on any atom is 0.165 e. The van der Waals surface area contributed by atoms with Crippen LogP contribution in [0.3, 0.4) is 0 Å². The minimum atomic E-state index is 0.436. The first-order chi connectivity index (χ1) is 11.7. The van der Waals surface area contributed by atoms with Crippen LogP contribution in [0.25, 0.3) is 27.6 Å². The molecule has 0 spiro atoms. The van der Waals surface area contributed by atoms with Crippen molar-refractivity contribution in [2.24, 2.45) is 0 Å². The van der Waals surface area contributed by atoms with E-state index < -0.39 is 0 Å². The minimum absolute atomic E-state index is 0.436. The standard InChI is InChI=1S/C17H12ClN5S/c18-12-7-4-8-13(9-12)23-16(19)15(21-22-23)17-20-14(10-24-17)11-5-2-1-3-6-11/h1-10H,19H2. The van der Waals surface area contributed by atoms with Gasteiger partial charge in [0.25, 0.3) is 0 Å². The lowest BCUT2D eigenvalue weighted by Gasteiger charge is -2.03. The van der Waals surface area contributed by atoms with E-state index >= 15 is 0 Å². The highest BCUT2D eigenvalue weighted by molar-refractivity contribution is 7.13. The van der Waals surface area contributed by atoms with Crippen molar-refractivity contribution >= 4 is 28.8 Å². The molecule has 2 aromatic heterocycles. The number of nitrogen functional groups attached to an aromatic ring is 1. The van der Waals surface area contributed by atoms with E-state index in [9.17, 15) is 0 Å². The first kappa shape index (κ1) is 14.9. The maximum atomic E-state index is 6.23. The number of halogens is 1. The third-order valence-corrected chi connectivity index (χ3v) is 4.62. The summed E-state index contributed by atoms with van der Waals surface area (Å²) >= 11 is 7.52. The fraction of sp³-hybridized carbons (Fsp3) is 0. The van der Waals surface area contributed by atoms with Gasteiger partial charge < -0.3 is 5.73 Å². The molecule has 4 aromatic rings. The highest BCUT2D eigenvalue weighted by Gasteiger charge is 2.17. The number of rotatable bonds is 3. The van der Waals surface area contributed by atoms with Gasteiger partial charge in [-0.3, -0.25) is 0 Å². The van der Waals surface area contributed by atoms with E-state index in [1.54, 1.807) is 16.8 Å². The average molecular weight is 354 g/mol. The lowest BCUT2D eigenvalue weighted by atomic mass is 10.2. The third kappa shape index (κ3) is 2.66. The first-order valence-electron chi connectivity index (χ1n) is 7.21. The summed E-state index contributed by atoms with van der Waals surface area (Å²) in [5.41, 5.74) is 9.51. The van der Waals surface area contributed by atoms with Gasteiger partial charge in [-0.1, -0.05) is 53.2 Å². The van der Waals surface area contributed by atoms with Crippen LogP contribution in [-0.2, 0) is 0 Å². The third-order valence-electron chi connectivity index (χ3n) is 3.53. The highest BCUT2D eigenvalue weighted by Crippen LogP contribution is 2.31. The van der Waals surface area contributed by atoms with Crippen LogP contribution in [0.4, 0.5) is 5.82 Å². The monoisotopic (exact) mass is 353 g/mol. The van der Waals surface area contributed by atoms with Gasteiger partial charge in [-0.15, -0.1) is 16.4 Å². The number of aromatic nitrogens is 4. The molecular weight excluding hydrogens is 342 g/mol. The Morgan fingerprint density at radius 3 is 2.67 bits per heavy atom. The van der Waals surface area contributed by atoms with Crippen LogP contribution in [0.5, 0.6) is 0 Å². The summed E-state index contributed by atoms with van der Waals surface area (Å²) in [6, 6.07) is 17.3. The molecule has 24 heavy (non-hydrogen) atoms. The quantitative estimate of drug-likeness (QED) is 0.596. The van der Waals surface area contributed by atoms with E-state index in [1.165, 1.54) is 11.3 Å². The van der Waals surface area contributed by atoms with Crippen LogP contribution in [0.1, 0.15) is 0 Å². The Hall–Kier alpha value is -2.70. The molecule has 0 aliphatic heterocycles. The molecule has 7 heteroatoms. The van der Waals surface area contributed by atoms with E-state index in [2.05, 4.69) is 15.3 Å². The molecule has 0 atom stereocenters. The van der Waals surface area contributed by atoms with E-state index in [1.807, 2.05) is 47.8 Å². The number of hydrogen-bond acceptors (Lipinski definition) is 5. The van der Waals surface area contributed by atoms with Crippen molar-refractivity contribution in [1.82, 2.24) is 20.0 Å². The molecule has 0 saturated heterocycles. The van der Waals surface area contributed by atoms with Crippen molar-refractivity contribution in [2.45, 2.75) is 0 Å². The van der Waals surface area contributed by atoms with Crippen molar-refractivity contribution < 1.29 is 0 Å². The zero-order valence-electron chi connectivity index (χ0n) is 12.4. The second-order valence-electron chi connectivity index (χ2n) is 5.12. The molecule has 4 rings (SSSR count). The molecule has 118 valence electrons. The number of anilines is 1. The number of nitrogens with two attached hydrogens (primary N) is 1. The van der Waals surface area contributed by atoms with Crippen LogP contribution < -0.4 is 5.73 Å². The summed E-state index contributed by atoms with van der Waals surface area (Å²) in [5.74, 6) is 0.436. The van der Waals surface area contributed by atoms with E-state index in [0.29, 0.717) is 16.5 Å². The lowest BCUT2D eigenvalue weighted by Crippen LogP contribution is -2.02. The molecule has 0 unspecified atom stereocenters. The summed E-state index contributed by atoms with van der Waals surface area (Å²) in [6.45, 7) is 0. The Labute approximate surface area is 147 Å². The largest absolute Gasteiger partial charge is 0.382 e. The lowest BCUT2D eigenvalue weighted by molar-refractivity contribution is 0.810. The number of nitrogens with zero attached hydrogens (tertiary/aromatic N) is 4. The normalized spacial score (nSPS) is 10.9. The zero-order chi connectivity index (χ0) is 16.5. The highest BCUT2D eigenvalue weighted by atomic mass is 35.5. The predicted molar refractivity (Wildman–Crippen MR) is 97.3 cm³/mol. The number of hydrogen-bond donors (Lipinski definition) is 1. The summed E-state index contributed by atoms with van der Waals surface area (Å²) < 4.78 is 1.56. The Kier molecular flexibility index (Phi) is 3.76. The second kappa shape index (κ2) is 6.07. The van der Waals surface area contributed by atoms with Gasteiger partial charge in [-0.25, -0.2) is 4.98 Å². The molecule has 0 bridgehead atoms. The van der Waals surface area contributed by atoms with Gasteiger partial charge in [-0.2, -0.15) is 4.68 Å². The van der Waals surface area contributed by atoms with Gasteiger partial charge >= 0.3 is 0 Å². The van der Waals surface area contributed by atoms with Crippen LogP contribution >= 0.6 is 22.9 Å². The molecule has 0 radical (unpaired) electrons. The van der Waals surface area contributed by atoms with Gasteiger partial charge in [-0.05, 0) is 18.2 Å². The number of benzene rings is 2. The molecule has 0 aliphatic carbocycles. The topological polar surface area (TPSA) is 69.6 Å². The van der Waals surface area contributed by atoms with Gasteiger partial charge in [0.05, 0.1) is 11.4 Å². The predicted octanol–water partition coefficient (Wildman–Crippen LogP) is 4.29. The van der Waals surface area contributed by atoms with Crippen LogP contribution in [0.15, 0.2) is 60.0 Å². The van der Waals surface area contributed by atoms with E-state index in [0.717, 1.165) is 22.0 Å². The fourth-order valence-electron chi connectivity index (χ4n) is 2.36. The van der Waals surface area contributed by atoms with Crippen LogP contribution in [-0.4, -0.2) is 20.0 Å². The Morgan fingerprint density at radius 1 is 1.04 bits per heavy atom. The number of thiazole rings is 1. The summed E-state index contributed by atoms with van der Waals surface area (Å²) in [7, 11) is 0. The molecule has 2 N–H and O–H groups in total.